The molecule has 0 aliphatic heterocycles. The second-order valence-corrected chi connectivity index (χ2v) is 10.9. The van der Waals surface area contributed by atoms with Crippen LogP contribution in [-0.2, 0) is 28.3 Å². The van der Waals surface area contributed by atoms with Crippen LogP contribution in [0.3, 0.4) is 0 Å². The van der Waals surface area contributed by atoms with Crippen molar-refractivity contribution in [3.63, 3.8) is 0 Å². The molecule has 0 fully saturated rings. The van der Waals surface area contributed by atoms with E-state index < -0.39 is 6.04 Å². The van der Waals surface area contributed by atoms with Crippen molar-refractivity contribution in [2.45, 2.75) is 51.6 Å². The SMILES string of the molecule is Cc1ccc(CSCC(=O)N(Cc2ccc(Cl)c(Cl)c2)[C@@H](Cc2ccccc2)C(=O)NC(C)C)cc1. The van der Waals surface area contributed by atoms with Gasteiger partial charge in [0.2, 0.25) is 11.8 Å². The molecule has 0 spiro atoms. The van der Waals surface area contributed by atoms with Crippen LogP contribution in [-0.4, -0.2) is 34.6 Å². The lowest BCUT2D eigenvalue weighted by Crippen LogP contribution is -2.52. The van der Waals surface area contributed by atoms with E-state index in [9.17, 15) is 9.59 Å². The van der Waals surface area contributed by atoms with Crippen LogP contribution in [0.4, 0.5) is 0 Å². The molecule has 3 rings (SSSR count). The Balaban J connectivity index is 1.86. The third-order valence-electron chi connectivity index (χ3n) is 5.65. The van der Waals surface area contributed by atoms with Crippen molar-refractivity contribution < 1.29 is 9.59 Å². The number of rotatable bonds is 11. The largest absolute Gasteiger partial charge is 0.352 e. The van der Waals surface area contributed by atoms with Crippen LogP contribution in [0.2, 0.25) is 10.0 Å². The first-order valence-corrected chi connectivity index (χ1v) is 13.8. The number of amides is 2. The Morgan fingerprint density at radius 1 is 0.889 bits per heavy atom. The van der Waals surface area contributed by atoms with Gasteiger partial charge in [0, 0.05) is 24.8 Å². The van der Waals surface area contributed by atoms with Gasteiger partial charge in [0.1, 0.15) is 6.04 Å². The fourth-order valence-corrected chi connectivity index (χ4v) is 4.98. The minimum Gasteiger partial charge on any atom is -0.352 e. The maximum absolute atomic E-state index is 13.6. The molecule has 0 saturated carbocycles. The number of hydrogen-bond acceptors (Lipinski definition) is 3. The summed E-state index contributed by atoms with van der Waals surface area (Å²) in [7, 11) is 0. The Morgan fingerprint density at radius 3 is 2.19 bits per heavy atom. The number of nitrogens with one attached hydrogen (secondary N) is 1. The Bertz CT molecular complexity index is 1150. The van der Waals surface area contributed by atoms with E-state index in [4.69, 9.17) is 23.2 Å². The van der Waals surface area contributed by atoms with Crippen molar-refractivity contribution in [2.75, 3.05) is 5.75 Å². The van der Waals surface area contributed by atoms with E-state index in [2.05, 4.69) is 36.5 Å². The molecule has 0 aliphatic carbocycles. The zero-order valence-electron chi connectivity index (χ0n) is 20.8. The predicted molar refractivity (Wildman–Crippen MR) is 152 cm³/mol. The first-order valence-electron chi connectivity index (χ1n) is 11.9. The molecule has 0 aliphatic rings. The highest BCUT2D eigenvalue weighted by Gasteiger charge is 2.30. The van der Waals surface area contributed by atoms with Crippen LogP contribution < -0.4 is 5.32 Å². The minimum absolute atomic E-state index is 0.0476. The van der Waals surface area contributed by atoms with Crippen molar-refractivity contribution in [3.8, 4) is 0 Å². The summed E-state index contributed by atoms with van der Waals surface area (Å²) in [5.74, 6) is 0.702. The van der Waals surface area contributed by atoms with Crippen molar-refractivity contribution in [1.29, 1.82) is 0 Å². The van der Waals surface area contributed by atoms with Gasteiger partial charge >= 0.3 is 0 Å². The van der Waals surface area contributed by atoms with Gasteiger partial charge < -0.3 is 10.2 Å². The smallest absolute Gasteiger partial charge is 0.243 e. The summed E-state index contributed by atoms with van der Waals surface area (Å²) in [5.41, 5.74) is 4.16. The molecule has 3 aromatic rings. The van der Waals surface area contributed by atoms with Crippen molar-refractivity contribution in [3.05, 3.63) is 105 Å². The second kappa shape index (κ2) is 13.7. The Morgan fingerprint density at radius 2 is 1.56 bits per heavy atom. The molecule has 0 aromatic heterocycles. The molecule has 0 saturated heterocycles. The summed E-state index contributed by atoms with van der Waals surface area (Å²) < 4.78 is 0. The van der Waals surface area contributed by atoms with Gasteiger partial charge in [-0.3, -0.25) is 9.59 Å². The van der Waals surface area contributed by atoms with E-state index in [1.54, 1.807) is 28.8 Å². The lowest BCUT2D eigenvalue weighted by molar-refractivity contribution is -0.139. The van der Waals surface area contributed by atoms with Gasteiger partial charge in [0.15, 0.2) is 0 Å². The molecular weight excluding hydrogens is 511 g/mol. The fraction of sp³-hybridized carbons (Fsp3) is 0.310. The number of carbonyl (C=O) groups excluding carboxylic acids is 2. The van der Waals surface area contributed by atoms with E-state index in [0.29, 0.717) is 22.2 Å². The molecule has 190 valence electrons. The molecule has 0 unspecified atom stereocenters. The summed E-state index contributed by atoms with van der Waals surface area (Å²) in [6.45, 7) is 6.14. The summed E-state index contributed by atoms with van der Waals surface area (Å²) in [6.07, 6.45) is 0.412. The minimum atomic E-state index is -0.670. The fourth-order valence-electron chi connectivity index (χ4n) is 3.79. The van der Waals surface area contributed by atoms with Gasteiger partial charge in [-0.05, 0) is 49.6 Å². The summed E-state index contributed by atoms with van der Waals surface area (Å²) >= 11 is 13.9. The molecule has 2 amide bonds. The monoisotopic (exact) mass is 542 g/mol. The highest BCUT2D eigenvalue weighted by atomic mass is 35.5. The van der Waals surface area contributed by atoms with Crippen LogP contribution in [0.15, 0.2) is 72.8 Å². The van der Waals surface area contributed by atoms with E-state index in [-0.39, 0.29) is 30.2 Å². The van der Waals surface area contributed by atoms with Crippen molar-refractivity contribution >= 4 is 46.8 Å². The number of nitrogens with zero attached hydrogens (tertiary/aromatic N) is 1. The molecule has 36 heavy (non-hydrogen) atoms. The summed E-state index contributed by atoms with van der Waals surface area (Å²) in [5, 5.41) is 3.87. The lowest BCUT2D eigenvalue weighted by Gasteiger charge is -2.32. The van der Waals surface area contributed by atoms with E-state index in [0.717, 1.165) is 16.7 Å². The molecule has 1 atom stereocenters. The normalized spacial score (nSPS) is 11.8. The first-order chi connectivity index (χ1) is 17.2. The molecule has 1 N–H and O–H groups in total. The van der Waals surface area contributed by atoms with Crippen LogP contribution in [0.5, 0.6) is 0 Å². The molecule has 3 aromatic carbocycles. The summed E-state index contributed by atoms with van der Waals surface area (Å²) in [6, 6.07) is 22.7. The van der Waals surface area contributed by atoms with Crippen LogP contribution >= 0.6 is 35.0 Å². The van der Waals surface area contributed by atoms with Crippen LogP contribution in [0, 0.1) is 6.92 Å². The number of hydrogen-bond donors (Lipinski definition) is 1. The average Bonchev–Trinajstić information content (AvgIpc) is 2.85. The molecule has 0 bridgehead atoms. The lowest BCUT2D eigenvalue weighted by atomic mass is 10.0. The standard InChI is InChI=1S/C29H32Cl2N2O2S/c1-20(2)32-29(35)27(16-22-7-5-4-6-8-22)33(17-24-13-14-25(30)26(31)15-24)28(34)19-36-18-23-11-9-21(3)10-12-23/h4-15,20,27H,16-19H2,1-3H3,(H,32,35)/t27-/m0/s1. The molecular formula is C29H32Cl2N2O2S. The first kappa shape index (κ1) is 28.1. The van der Waals surface area contributed by atoms with E-state index in [1.807, 2.05) is 50.2 Å². The average molecular weight is 544 g/mol. The predicted octanol–water partition coefficient (Wildman–Crippen LogP) is 6.70. The maximum Gasteiger partial charge on any atom is 0.243 e. The molecule has 0 radical (unpaired) electrons. The quantitative estimate of drug-likeness (QED) is 0.293. The number of halogens is 2. The van der Waals surface area contributed by atoms with Gasteiger partial charge in [0.25, 0.3) is 0 Å². The Kier molecular flexibility index (Phi) is 10.7. The highest BCUT2D eigenvalue weighted by Crippen LogP contribution is 2.25. The van der Waals surface area contributed by atoms with Crippen molar-refractivity contribution in [2.24, 2.45) is 0 Å². The Labute approximate surface area is 228 Å². The highest BCUT2D eigenvalue weighted by molar-refractivity contribution is 7.99. The van der Waals surface area contributed by atoms with Crippen LogP contribution in [0.25, 0.3) is 0 Å². The molecule has 4 nitrogen and oxygen atoms in total. The van der Waals surface area contributed by atoms with Crippen LogP contribution in [0.1, 0.15) is 36.1 Å². The number of benzene rings is 3. The van der Waals surface area contributed by atoms with Gasteiger partial charge in [-0.15, -0.1) is 11.8 Å². The van der Waals surface area contributed by atoms with Gasteiger partial charge in [0.05, 0.1) is 15.8 Å². The van der Waals surface area contributed by atoms with E-state index >= 15 is 0 Å². The van der Waals surface area contributed by atoms with E-state index in [1.165, 1.54) is 5.56 Å². The number of aryl methyl sites for hydroxylation is 1. The second-order valence-electron chi connectivity index (χ2n) is 9.12. The van der Waals surface area contributed by atoms with Crippen molar-refractivity contribution in [1.82, 2.24) is 10.2 Å². The van der Waals surface area contributed by atoms with Gasteiger partial charge in [-0.2, -0.15) is 0 Å². The summed E-state index contributed by atoms with van der Waals surface area (Å²) in [4.78, 5) is 28.7. The third-order valence-corrected chi connectivity index (χ3v) is 7.38. The Hall–Kier alpha value is -2.47. The number of thioether (sulfide) groups is 1. The number of carbonyl (C=O) groups is 2. The zero-order valence-corrected chi connectivity index (χ0v) is 23.2. The molecule has 0 heterocycles. The third kappa shape index (κ3) is 8.58. The maximum atomic E-state index is 13.6. The van der Waals surface area contributed by atoms with Gasteiger partial charge in [-0.1, -0.05) is 89.4 Å². The van der Waals surface area contributed by atoms with Gasteiger partial charge in [-0.25, -0.2) is 0 Å². The topological polar surface area (TPSA) is 49.4 Å². The molecule has 7 heteroatoms. The zero-order chi connectivity index (χ0) is 26.1.